The van der Waals surface area contributed by atoms with E-state index in [9.17, 15) is 0 Å². The molecule has 0 radical (unpaired) electrons. The van der Waals surface area contributed by atoms with Gasteiger partial charge in [0.2, 0.25) is 0 Å². The van der Waals surface area contributed by atoms with E-state index < -0.39 is 0 Å². The fourth-order valence-electron chi connectivity index (χ4n) is 1.95. The van der Waals surface area contributed by atoms with Crippen LogP contribution in [0, 0.1) is 13.8 Å². The Kier molecular flexibility index (Phi) is 4.30. The zero-order chi connectivity index (χ0) is 14.9. The maximum absolute atomic E-state index is 4.42. The summed E-state index contributed by atoms with van der Waals surface area (Å²) in [5.41, 5.74) is 2.37. The van der Waals surface area contributed by atoms with Crippen LogP contribution in [0.5, 0.6) is 0 Å². The molecule has 0 bridgehead atoms. The van der Waals surface area contributed by atoms with Gasteiger partial charge in [-0.3, -0.25) is 0 Å². The number of aromatic nitrogens is 3. The van der Waals surface area contributed by atoms with Gasteiger partial charge in [-0.25, -0.2) is 9.67 Å². The van der Waals surface area contributed by atoms with Crippen LogP contribution in [0.2, 0.25) is 0 Å². The van der Waals surface area contributed by atoms with Gasteiger partial charge < -0.3 is 5.32 Å². The van der Waals surface area contributed by atoms with E-state index in [0.717, 1.165) is 28.4 Å². The quantitative estimate of drug-likeness (QED) is 0.932. The lowest BCUT2D eigenvalue weighted by molar-refractivity contribution is 0.424. The second kappa shape index (κ2) is 5.66. The molecule has 0 aliphatic rings. The van der Waals surface area contributed by atoms with Gasteiger partial charge >= 0.3 is 0 Å². The molecule has 0 aliphatic carbocycles. The first-order chi connectivity index (χ1) is 9.26. The van der Waals surface area contributed by atoms with E-state index >= 15 is 0 Å². The number of halogens is 1. The molecular formula is C15H21BrN4. The monoisotopic (exact) mass is 336 g/mol. The Bertz CT molecular complexity index is 611. The van der Waals surface area contributed by atoms with Gasteiger partial charge in [0.25, 0.3) is 0 Å². The molecule has 0 saturated heterocycles. The Labute approximate surface area is 128 Å². The Morgan fingerprint density at radius 1 is 1.25 bits per heavy atom. The van der Waals surface area contributed by atoms with Gasteiger partial charge in [0.15, 0.2) is 0 Å². The fraction of sp³-hybridized carbons (Fsp3) is 0.467. The largest absolute Gasteiger partial charge is 0.308 e. The second-order valence-corrected chi connectivity index (χ2v) is 6.86. The Hall–Kier alpha value is -1.20. The van der Waals surface area contributed by atoms with Crippen molar-refractivity contribution in [2.75, 3.05) is 0 Å². The summed E-state index contributed by atoms with van der Waals surface area (Å²) in [5, 5.41) is 7.90. The van der Waals surface area contributed by atoms with Crippen LogP contribution in [-0.4, -0.2) is 20.3 Å². The number of rotatable bonds is 3. The summed E-state index contributed by atoms with van der Waals surface area (Å²) in [7, 11) is 0. The number of hydrogen-bond acceptors (Lipinski definition) is 3. The van der Waals surface area contributed by atoms with Crippen LogP contribution in [-0.2, 0) is 6.54 Å². The smallest absolute Gasteiger partial charge is 0.148 e. The molecule has 1 N–H and O–H groups in total. The highest BCUT2D eigenvalue weighted by Crippen LogP contribution is 2.23. The van der Waals surface area contributed by atoms with Crippen molar-refractivity contribution >= 4 is 15.9 Å². The van der Waals surface area contributed by atoms with Gasteiger partial charge in [-0.15, -0.1) is 0 Å². The predicted molar refractivity (Wildman–Crippen MR) is 85.1 cm³/mol. The number of hydrogen-bond donors (Lipinski definition) is 1. The second-order valence-electron chi connectivity index (χ2n) is 6.01. The molecule has 0 unspecified atom stereocenters. The first-order valence-corrected chi connectivity index (χ1v) is 7.50. The Balaban J connectivity index is 2.24. The van der Waals surface area contributed by atoms with Crippen LogP contribution < -0.4 is 5.32 Å². The zero-order valence-corrected chi connectivity index (χ0v) is 14.2. The normalized spacial score (nSPS) is 11.9. The van der Waals surface area contributed by atoms with Crippen molar-refractivity contribution < 1.29 is 0 Å². The van der Waals surface area contributed by atoms with Crippen LogP contribution >= 0.6 is 15.9 Å². The van der Waals surface area contributed by atoms with Crippen molar-refractivity contribution in [1.29, 1.82) is 0 Å². The van der Waals surface area contributed by atoms with Gasteiger partial charge in [-0.05, 0) is 68.2 Å². The van der Waals surface area contributed by atoms with Gasteiger partial charge in [0, 0.05) is 16.6 Å². The molecular weight excluding hydrogens is 316 g/mol. The van der Waals surface area contributed by atoms with E-state index in [0.29, 0.717) is 0 Å². The minimum atomic E-state index is 0.116. The van der Waals surface area contributed by atoms with Crippen molar-refractivity contribution in [2.24, 2.45) is 0 Å². The lowest BCUT2D eigenvalue weighted by Gasteiger charge is -2.20. The highest BCUT2D eigenvalue weighted by atomic mass is 79.9. The van der Waals surface area contributed by atoms with E-state index in [2.05, 4.69) is 70.3 Å². The van der Waals surface area contributed by atoms with E-state index in [1.807, 2.05) is 18.5 Å². The summed E-state index contributed by atoms with van der Waals surface area (Å²) >= 11 is 3.63. The molecule has 0 fully saturated rings. The first-order valence-electron chi connectivity index (χ1n) is 6.70. The summed E-state index contributed by atoms with van der Waals surface area (Å²) in [6.45, 7) is 11.2. The molecule has 4 nitrogen and oxygen atoms in total. The van der Waals surface area contributed by atoms with Gasteiger partial charge in [-0.1, -0.05) is 6.07 Å². The number of nitrogens with one attached hydrogen (secondary N) is 1. The molecule has 108 valence electrons. The average Bonchev–Trinajstić information content (AvgIpc) is 2.65. The summed E-state index contributed by atoms with van der Waals surface area (Å²) < 4.78 is 2.89. The maximum Gasteiger partial charge on any atom is 0.148 e. The summed E-state index contributed by atoms with van der Waals surface area (Å²) in [6, 6.07) is 6.32. The summed E-state index contributed by atoms with van der Waals surface area (Å²) in [4.78, 5) is 4.34. The lowest BCUT2D eigenvalue weighted by Crippen LogP contribution is -2.35. The van der Waals surface area contributed by atoms with Gasteiger partial charge in [-0.2, -0.15) is 5.10 Å². The van der Waals surface area contributed by atoms with Crippen molar-refractivity contribution in [3.8, 4) is 5.69 Å². The van der Waals surface area contributed by atoms with Crippen molar-refractivity contribution in [3.05, 3.63) is 39.9 Å². The molecule has 1 heterocycles. The van der Waals surface area contributed by atoms with Crippen LogP contribution in [0.3, 0.4) is 0 Å². The number of nitrogens with zero attached hydrogens (tertiary/aromatic N) is 3. The molecule has 2 aromatic rings. The third-order valence-corrected chi connectivity index (χ3v) is 3.57. The minimum absolute atomic E-state index is 0.116. The third-order valence-electron chi connectivity index (χ3n) is 2.94. The first kappa shape index (κ1) is 15.2. The maximum atomic E-state index is 4.42. The molecule has 20 heavy (non-hydrogen) atoms. The summed E-state index contributed by atoms with van der Waals surface area (Å²) in [6.07, 6.45) is 0. The van der Waals surface area contributed by atoms with E-state index in [-0.39, 0.29) is 5.54 Å². The molecule has 0 aliphatic heterocycles. The standard InChI is InChI=1S/C15H21BrN4/c1-10-18-11(2)20(19-10)14-7-6-12(8-13(14)16)9-17-15(3,4)5/h6-8,17H,9H2,1-5H3. The van der Waals surface area contributed by atoms with Crippen molar-refractivity contribution in [2.45, 2.75) is 46.7 Å². The third kappa shape index (κ3) is 3.67. The molecule has 2 rings (SSSR count). The topological polar surface area (TPSA) is 42.7 Å². The highest BCUT2D eigenvalue weighted by Gasteiger charge is 2.11. The Morgan fingerprint density at radius 2 is 1.95 bits per heavy atom. The van der Waals surface area contributed by atoms with E-state index in [1.165, 1.54) is 5.56 Å². The van der Waals surface area contributed by atoms with E-state index in [1.54, 1.807) is 0 Å². The average molecular weight is 337 g/mol. The lowest BCUT2D eigenvalue weighted by atomic mass is 10.1. The van der Waals surface area contributed by atoms with E-state index in [4.69, 9.17) is 0 Å². The summed E-state index contributed by atoms with van der Waals surface area (Å²) in [5.74, 6) is 1.68. The van der Waals surface area contributed by atoms with Crippen LogP contribution in [0.4, 0.5) is 0 Å². The van der Waals surface area contributed by atoms with Crippen molar-refractivity contribution in [1.82, 2.24) is 20.1 Å². The molecule has 1 aromatic heterocycles. The molecule has 0 amide bonds. The molecule has 0 saturated carbocycles. The van der Waals surface area contributed by atoms with Crippen LogP contribution in [0.15, 0.2) is 22.7 Å². The molecule has 0 atom stereocenters. The van der Waals surface area contributed by atoms with Crippen LogP contribution in [0.25, 0.3) is 5.69 Å². The minimum Gasteiger partial charge on any atom is -0.308 e. The number of benzene rings is 1. The van der Waals surface area contributed by atoms with Crippen LogP contribution in [0.1, 0.15) is 38.0 Å². The van der Waals surface area contributed by atoms with Gasteiger partial charge in [0.1, 0.15) is 11.6 Å². The van der Waals surface area contributed by atoms with Crippen molar-refractivity contribution in [3.63, 3.8) is 0 Å². The fourth-order valence-corrected chi connectivity index (χ4v) is 2.54. The molecule has 0 spiro atoms. The number of aryl methyl sites for hydroxylation is 2. The molecule has 5 heteroatoms. The zero-order valence-electron chi connectivity index (χ0n) is 12.7. The molecule has 1 aromatic carbocycles. The SMILES string of the molecule is Cc1nc(C)n(-c2ccc(CNC(C)(C)C)cc2Br)n1. The van der Waals surface area contributed by atoms with Gasteiger partial charge in [0.05, 0.1) is 5.69 Å². The predicted octanol–water partition coefficient (Wildman–Crippen LogP) is 3.53. The Morgan fingerprint density at radius 3 is 2.45 bits per heavy atom. The highest BCUT2D eigenvalue weighted by molar-refractivity contribution is 9.10.